The maximum absolute atomic E-state index is 6.16. The first-order valence-corrected chi connectivity index (χ1v) is 6.96. The molecule has 0 fully saturated rings. The zero-order valence-corrected chi connectivity index (χ0v) is 12.0. The second-order valence-corrected chi connectivity index (χ2v) is 4.97. The normalized spacial score (nSPS) is 10.8. The van der Waals surface area contributed by atoms with Gasteiger partial charge in [0, 0.05) is 18.1 Å². The van der Waals surface area contributed by atoms with Crippen LogP contribution in [0.25, 0.3) is 10.9 Å². The minimum absolute atomic E-state index is 0.362. The van der Waals surface area contributed by atoms with Gasteiger partial charge in [-0.05, 0) is 36.4 Å². The lowest BCUT2D eigenvalue weighted by Gasteiger charge is -2.09. The quantitative estimate of drug-likeness (QED) is 0.803. The molecular weight excluding hydrogens is 286 g/mol. The number of pyridine rings is 2. The van der Waals surface area contributed by atoms with Crippen LogP contribution < -0.4 is 10.5 Å². The fraction of sp³-hybridized carbons (Fsp3) is 0.125. The molecule has 21 heavy (non-hydrogen) atoms. The number of benzene rings is 1. The van der Waals surface area contributed by atoms with Crippen LogP contribution in [-0.2, 0) is 13.2 Å². The summed E-state index contributed by atoms with van der Waals surface area (Å²) in [4.78, 5) is 8.75. The van der Waals surface area contributed by atoms with Gasteiger partial charge in [-0.2, -0.15) is 0 Å². The molecule has 0 radical (unpaired) electrons. The Labute approximate surface area is 127 Å². The van der Waals surface area contributed by atoms with Crippen molar-refractivity contribution in [2.75, 3.05) is 0 Å². The molecule has 3 rings (SSSR count). The molecule has 0 spiro atoms. The Morgan fingerprint density at radius 2 is 1.90 bits per heavy atom. The standard InChI is InChI=1S/C16H14ClN3O/c17-14-6-7-15(16-13(14)5-2-8-19-16)21-10-12-4-1-3-11(9-18)20-12/h1-8H,9-10,18H2. The Kier molecular flexibility index (Phi) is 3.99. The number of aromatic nitrogens is 2. The molecule has 0 amide bonds. The molecule has 0 aliphatic carbocycles. The van der Waals surface area contributed by atoms with Crippen LogP contribution >= 0.6 is 11.6 Å². The molecule has 3 aromatic rings. The van der Waals surface area contributed by atoms with E-state index in [1.165, 1.54) is 0 Å². The van der Waals surface area contributed by atoms with Crippen LogP contribution in [0.15, 0.2) is 48.7 Å². The highest BCUT2D eigenvalue weighted by molar-refractivity contribution is 6.35. The number of ether oxygens (including phenoxy) is 1. The number of fused-ring (bicyclic) bond motifs is 1. The molecule has 0 atom stereocenters. The van der Waals surface area contributed by atoms with Crippen molar-refractivity contribution in [2.24, 2.45) is 5.73 Å². The summed E-state index contributed by atoms with van der Waals surface area (Å²) < 4.78 is 5.84. The number of hydrogen-bond acceptors (Lipinski definition) is 4. The molecule has 106 valence electrons. The van der Waals surface area contributed by atoms with E-state index < -0.39 is 0 Å². The van der Waals surface area contributed by atoms with E-state index in [9.17, 15) is 0 Å². The van der Waals surface area contributed by atoms with Gasteiger partial charge in [0.25, 0.3) is 0 Å². The van der Waals surface area contributed by atoms with Gasteiger partial charge in [0.2, 0.25) is 0 Å². The third-order valence-electron chi connectivity index (χ3n) is 3.13. The Morgan fingerprint density at radius 3 is 2.76 bits per heavy atom. The highest BCUT2D eigenvalue weighted by atomic mass is 35.5. The van der Waals surface area contributed by atoms with E-state index >= 15 is 0 Å². The number of nitrogens with two attached hydrogens (primary N) is 1. The van der Waals surface area contributed by atoms with E-state index in [0.29, 0.717) is 23.9 Å². The van der Waals surface area contributed by atoms with E-state index in [-0.39, 0.29) is 0 Å². The first-order valence-electron chi connectivity index (χ1n) is 6.59. The van der Waals surface area contributed by atoms with E-state index in [1.54, 1.807) is 6.20 Å². The predicted octanol–water partition coefficient (Wildman–Crippen LogP) is 3.32. The van der Waals surface area contributed by atoms with Gasteiger partial charge in [-0.25, -0.2) is 0 Å². The van der Waals surface area contributed by atoms with E-state index in [0.717, 1.165) is 22.3 Å². The summed E-state index contributed by atoms with van der Waals surface area (Å²) in [6.07, 6.45) is 1.72. The molecule has 0 aliphatic heterocycles. The van der Waals surface area contributed by atoms with E-state index in [4.69, 9.17) is 22.1 Å². The van der Waals surface area contributed by atoms with Crippen LogP contribution in [0.4, 0.5) is 0 Å². The van der Waals surface area contributed by atoms with Gasteiger partial charge in [-0.3, -0.25) is 9.97 Å². The summed E-state index contributed by atoms with van der Waals surface area (Å²) in [7, 11) is 0. The third-order valence-corrected chi connectivity index (χ3v) is 3.46. The highest BCUT2D eigenvalue weighted by Crippen LogP contribution is 2.29. The summed E-state index contributed by atoms with van der Waals surface area (Å²) in [6.45, 7) is 0.778. The van der Waals surface area contributed by atoms with E-state index in [1.807, 2.05) is 42.5 Å². The van der Waals surface area contributed by atoms with Crippen molar-refractivity contribution in [3.8, 4) is 5.75 Å². The van der Waals surface area contributed by atoms with Crippen LogP contribution in [0, 0.1) is 0 Å². The summed E-state index contributed by atoms with van der Waals surface area (Å²) in [5, 5.41) is 1.54. The van der Waals surface area contributed by atoms with Crippen LogP contribution in [0.3, 0.4) is 0 Å². The Morgan fingerprint density at radius 1 is 1.05 bits per heavy atom. The lowest BCUT2D eigenvalue weighted by Crippen LogP contribution is -2.04. The number of hydrogen-bond donors (Lipinski definition) is 1. The summed E-state index contributed by atoms with van der Waals surface area (Å²) >= 11 is 6.16. The minimum atomic E-state index is 0.362. The van der Waals surface area contributed by atoms with Crippen molar-refractivity contribution >= 4 is 22.5 Å². The lowest BCUT2D eigenvalue weighted by molar-refractivity contribution is 0.304. The monoisotopic (exact) mass is 299 g/mol. The van der Waals surface area contributed by atoms with Crippen molar-refractivity contribution < 1.29 is 4.74 Å². The van der Waals surface area contributed by atoms with Crippen molar-refractivity contribution in [1.82, 2.24) is 9.97 Å². The van der Waals surface area contributed by atoms with Gasteiger partial charge in [-0.1, -0.05) is 17.7 Å². The molecule has 5 heteroatoms. The van der Waals surface area contributed by atoms with E-state index in [2.05, 4.69) is 9.97 Å². The molecule has 2 aromatic heterocycles. The minimum Gasteiger partial charge on any atom is -0.485 e. The number of nitrogens with zero attached hydrogens (tertiary/aromatic N) is 2. The summed E-state index contributed by atoms with van der Waals surface area (Å²) in [5.74, 6) is 0.690. The fourth-order valence-corrected chi connectivity index (χ4v) is 2.32. The maximum atomic E-state index is 6.16. The second-order valence-electron chi connectivity index (χ2n) is 4.56. The SMILES string of the molecule is NCc1cccc(COc2ccc(Cl)c3cccnc23)n1. The van der Waals surface area contributed by atoms with Crippen LogP contribution in [0.5, 0.6) is 5.75 Å². The van der Waals surface area contributed by atoms with Gasteiger partial charge in [0.15, 0.2) is 0 Å². The zero-order valence-electron chi connectivity index (χ0n) is 11.3. The lowest BCUT2D eigenvalue weighted by atomic mass is 10.2. The Balaban J connectivity index is 1.87. The van der Waals surface area contributed by atoms with Gasteiger partial charge in [0.1, 0.15) is 17.9 Å². The molecule has 0 unspecified atom stereocenters. The first-order chi connectivity index (χ1) is 10.3. The zero-order chi connectivity index (χ0) is 14.7. The molecule has 2 N–H and O–H groups in total. The van der Waals surface area contributed by atoms with Crippen molar-refractivity contribution in [3.05, 3.63) is 65.1 Å². The third kappa shape index (κ3) is 2.96. The van der Waals surface area contributed by atoms with Gasteiger partial charge in [-0.15, -0.1) is 0 Å². The molecule has 0 aliphatic rings. The van der Waals surface area contributed by atoms with Crippen molar-refractivity contribution in [3.63, 3.8) is 0 Å². The average molecular weight is 300 g/mol. The molecule has 0 bridgehead atoms. The topological polar surface area (TPSA) is 61.0 Å². The Hall–Kier alpha value is -2.17. The molecule has 0 saturated carbocycles. The first kappa shape index (κ1) is 13.8. The van der Waals surface area contributed by atoms with Gasteiger partial charge >= 0.3 is 0 Å². The van der Waals surface area contributed by atoms with Crippen LogP contribution in [0.1, 0.15) is 11.4 Å². The molecule has 0 saturated heterocycles. The maximum Gasteiger partial charge on any atom is 0.146 e. The molecule has 2 heterocycles. The second kappa shape index (κ2) is 6.08. The molecular formula is C16H14ClN3O. The fourth-order valence-electron chi connectivity index (χ4n) is 2.10. The highest BCUT2D eigenvalue weighted by Gasteiger charge is 2.07. The largest absolute Gasteiger partial charge is 0.485 e. The summed E-state index contributed by atoms with van der Waals surface area (Å²) in [6, 6.07) is 13.1. The van der Waals surface area contributed by atoms with Crippen molar-refractivity contribution in [2.45, 2.75) is 13.2 Å². The molecule has 4 nitrogen and oxygen atoms in total. The average Bonchev–Trinajstić information content (AvgIpc) is 2.55. The number of halogens is 1. The summed E-state index contributed by atoms with van der Waals surface area (Å²) in [5.41, 5.74) is 8.01. The number of rotatable bonds is 4. The smallest absolute Gasteiger partial charge is 0.146 e. The molecule has 1 aromatic carbocycles. The van der Waals surface area contributed by atoms with Crippen molar-refractivity contribution in [1.29, 1.82) is 0 Å². The van der Waals surface area contributed by atoms with Gasteiger partial charge < -0.3 is 10.5 Å². The van der Waals surface area contributed by atoms with Gasteiger partial charge in [0.05, 0.1) is 16.4 Å². The van der Waals surface area contributed by atoms with Crippen LogP contribution in [0.2, 0.25) is 5.02 Å². The predicted molar refractivity (Wildman–Crippen MR) is 83.2 cm³/mol. The Bertz CT molecular complexity index is 776. The van der Waals surface area contributed by atoms with Crippen LogP contribution in [-0.4, -0.2) is 9.97 Å².